The van der Waals surface area contributed by atoms with Crippen LogP contribution in [0.1, 0.15) is 11.1 Å². The lowest BCUT2D eigenvalue weighted by Gasteiger charge is -2.13. The molecule has 0 atom stereocenters. The first-order chi connectivity index (χ1) is 11.9. The van der Waals surface area contributed by atoms with E-state index in [0.29, 0.717) is 0 Å². The minimum atomic E-state index is -4.60. The SMILES string of the molecule is Cl.NC(=Nc1ccc(Br)c(C(F)(F)F)c1)Nc1ccc(Br)c(C(F)(F)F)c1. The second-order valence-corrected chi connectivity index (χ2v) is 6.69. The van der Waals surface area contributed by atoms with E-state index < -0.39 is 23.5 Å². The van der Waals surface area contributed by atoms with Crippen molar-refractivity contribution in [3.05, 3.63) is 56.5 Å². The van der Waals surface area contributed by atoms with Crippen LogP contribution in [0.2, 0.25) is 0 Å². The van der Waals surface area contributed by atoms with E-state index in [0.717, 1.165) is 18.2 Å². The van der Waals surface area contributed by atoms with Gasteiger partial charge in [-0.25, -0.2) is 4.99 Å². The second-order valence-electron chi connectivity index (χ2n) is 4.98. The minimum absolute atomic E-state index is 0. The zero-order valence-electron chi connectivity index (χ0n) is 12.9. The third kappa shape index (κ3) is 6.28. The molecule has 2 aromatic rings. The van der Waals surface area contributed by atoms with E-state index in [2.05, 4.69) is 42.2 Å². The largest absolute Gasteiger partial charge is 0.417 e. The molecular formula is C15H10Br2ClF6N3. The van der Waals surface area contributed by atoms with Crippen LogP contribution in [-0.4, -0.2) is 5.96 Å². The van der Waals surface area contributed by atoms with Crippen LogP contribution >= 0.6 is 44.3 Å². The highest BCUT2D eigenvalue weighted by Gasteiger charge is 2.34. The average Bonchev–Trinajstić information content (AvgIpc) is 2.49. The maximum absolute atomic E-state index is 12.9. The highest BCUT2D eigenvalue weighted by Crippen LogP contribution is 2.38. The average molecular weight is 542 g/mol. The Morgan fingerprint density at radius 1 is 0.852 bits per heavy atom. The summed E-state index contributed by atoms with van der Waals surface area (Å²) in [6.07, 6.45) is -9.18. The molecule has 148 valence electrons. The molecule has 0 aromatic heterocycles. The fraction of sp³-hybridized carbons (Fsp3) is 0.133. The Balaban J connectivity index is 0.00000364. The number of hydrogen-bond donors (Lipinski definition) is 2. The van der Waals surface area contributed by atoms with Crippen LogP contribution in [0.15, 0.2) is 50.3 Å². The Kier molecular flexibility index (Phi) is 7.60. The van der Waals surface area contributed by atoms with Crippen molar-refractivity contribution in [1.29, 1.82) is 0 Å². The van der Waals surface area contributed by atoms with Crippen molar-refractivity contribution in [2.75, 3.05) is 5.32 Å². The molecule has 0 unspecified atom stereocenters. The van der Waals surface area contributed by atoms with Crippen molar-refractivity contribution in [1.82, 2.24) is 0 Å². The fourth-order valence-corrected chi connectivity index (χ4v) is 2.88. The summed E-state index contributed by atoms with van der Waals surface area (Å²) in [5.41, 5.74) is 3.57. The predicted molar refractivity (Wildman–Crippen MR) is 100 cm³/mol. The Morgan fingerprint density at radius 2 is 1.33 bits per heavy atom. The first-order valence-electron chi connectivity index (χ1n) is 6.72. The lowest BCUT2D eigenvalue weighted by molar-refractivity contribution is -0.139. The highest BCUT2D eigenvalue weighted by molar-refractivity contribution is 9.10. The van der Waals surface area contributed by atoms with Gasteiger partial charge >= 0.3 is 12.4 Å². The summed E-state index contributed by atoms with van der Waals surface area (Å²) in [6.45, 7) is 0. The number of guanidine groups is 1. The molecule has 0 fully saturated rings. The van der Waals surface area contributed by atoms with E-state index in [1.807, 2.05) is 0 Å². The maximum atomic E-state index is 12.9. The topological polar surface area (TPSA) is 50.4 Å². The zero-order valence-corrected chi connectivity index (χ0v) is 16.9. The van der Waals surface area contributed by atoms with Crippen LogP contribution in [0, 0.1) is 0 Å². The molecule has 0 aliphatic rings. The summed E-state index contributed by atoms with van der Waals surface area (Å²) >= 11 is 5.59. The molecule has 27 heavy (non-hydrogen) atoms. The highest BCUT2D eigenvalue weighted by atomic mass is 79.9. The number of aliphatic imine (C=N–C) groups is 1. The van der Waals surface area contributed by atoms with E-state index in [-0.39, 0.29) is 38.7 Å². The molecule has 0 amide bonds. The van der Waals surface area contributed by atoms with Gasteiger partial charge in [0.25, 0.3) is 0 Å². The molecular weight excluding hydrogens is 531 g/mol. The number of nitrogens with one attached hydrogen (secondary N) is 1. The van der Waals surface area contributed by atoms with Crippen molar-refractivity contribution in [2.45, 2.75) is 12.4 Å². The van der Waals surface area contributed by atoms with Crippen LogP contribution in [-0.2, 0) is 12.4 Å². The third-order valence-corrected chi connectivity index (χ3v) is 4.43. The number of anilines is 1. The summed E-state index contributed by atoms with van der Waals surface area (Å²) in [4.78, 5) is 3.75. The molecule has 0 saturated carbocycles. The predicted octanol–water partition coefficient (Wildman–Crippen LogP) is 6.73. The van der Waals surface area contributed by atoms with Gasteiger partial charge in [-0.1, -0.05) is 31.9 Å². The van der Waals surface area contributed by atoms with Crippen LogP contribution in [0.3, 0.4) is 0 Å². The Bertz CT molecular complexity index is 852. The molecule has 0 bridgehead atoms. The van der Waals surface area contributed by atoms with Gasteiger partial charge in [0.2, 0.25) is 0 Å². The number of nitrogens with zero attached hydrogens (tertiary/aromatic N) is 1. The van der Waals surface area contributed by atoms with E-state index in [4.69, 9.17) is 5.73 Å². The smallest absolute Gasteiger partial charge is 0.369 e. The second kappa shape index (κ2) is 8.70. The molecule has 0 aliphatic carbocycles. The normalized spacial score (nSPS) is 12.5. The van der Waals surface area contributed by atoms with Crippen molar-refractivity contribution >= 4 is 61.6 Å². The van der Waals surface area contributed by atoms with E-state index >= 15 is 0 Å². The minimum Gasteiger partial charge on any atom is -0.369 e. The molecule has 3 N–H and O–H groups in total. The third-order valence-electron chi connectivity index (χ3n) is 3.05. The first kappa shape index (κ1) is 23.6. The standard InChI is InChI=1S/C15H9Br2F6N3.ClH/c16-11-3-1-7(5-9(11)14(18,19)20)25-13(24)26-8-2-4-12(17)10(6-8)15(21,22)23;/h1-6H,(H3,24,25,26);1H. The Labute approximate surface area is 172 Å². The molecule has 0 radical (unpaired) electrons. The number of benzene rings is 2. The summed E-state index contributed by atoms with van der Waals surface area (Å²) < 4.78 is 76.9. The molecule has 2 rings (SSSR count). The van der Waals surface area contributed by atoms with Crippen molar-refractivity contribution in [3.8, 4) is 0 Å². The number of alkyl halides is 6. The fourth-order valence-electron chi connectivity index (χ4n) is 1.94. The summed E-state index contributed by atoms with van der Waals surface area (Å²) in [5, 5.41) is 2.42. The summed E-state index contributed by atoms with van der Waals surface area (Å²) in [5.74, 6) is -0.365. The van der Waals surface area contributed by atoms with Gasteiger partial charge in [0.1, 0.15) is 0 Å². The van der Waals surface area contributed by atoms with Gasteiger partial charge in [-0.2, -0.15) is 26.3 Å². The van der Waals surface area contributed by atoms with Crippen LogP contribution in [0.25, 0.3) is 0 Å². The van der Waals surface area contributed by atoms with Crippen molar-refractivity contribution < 1.29 is 26.3 Å². The van der Waals surface area contributed by atoms with Crippen LogP contribution < -0.4 is 11.1 Å². The van der Waals surface area contributed by atoms with Gasteiger partial charge in [-0.3, -0.25) is 0 Å². The molecule has 0 saturated heterocycles. The van der Waals surface area contributed by atoms with E-state index in [1.54, 1.807) is 0 Å². The zero-order chi connectivity index (χ0) is 19.7. The quantitative estimate of drug-likeness (QED) is 0.252. The van der Waals surface area contributed by atoms with Crippen LogP contribution in [0.4, 0.5) is 37.7 Å². The molecule has 2 aromatic carbocycles. The van der Waals surface area contributed by atoms with Gasteiger partial charge in [0.15, 0.2) is 5.96 Å². The number of nitrogens with two attached hydrogens (primary N) is 1. The van der Waals surface area contributed by atoms with Crippen molar-refractivity contribution in [2.24, 2.45) is 10.7 Å². The van der Waals surface area contributed by atoms with Gasteiger partial charge in [-0.15, -0.1) is 12.4 Å². The maximum Gasteiger partial charge on any atom is 0.417 e. The summed E-state index contributed by atoms with van der Waals surface area (Å²) in [7, 11) is 0. The number of hydrogen-bond acceptors (Lipinski definition) is 1. The Morgan fingerprint density at radius 3 is 1.85 bits per heavy atom. The van der Waals surface area contributed by atoms with Gasteiger partial charge in [0.05, 0.1) is 16.8 Å². The number of halogens is 9. The van der Waals surface area contributed by atoms with Gasteiger partial charge in [0, 0.05) is 14.6 Å². The van der Waals surface area contributed by atoms with E-state index in [9.17, 15) is 26.3 Å². The van der Waals surface area contributed by atoms with Crippen molar-refractivity contribution in [3.63, 3.8) is 0 Å². The lowest BCUT2D eigenvalue weighted by atomic mass is 10.2. The molecule has 3 nitrogen and oxygen atoms in total. The van der Waals surface area contributed by atoms with Gasteiger partial charge < -0.3 is 11.1 Å². The lowest BCUT2D eigenvalue weighted by Crippen LogP contribution is -2.22. The summed E-state index contributed by atoms with van der Waals surface area (Å²) in [6, 6.07) is 6.47. The Hall–Kier alpha value is -1.46. The monoisotopic (exact) mass is 539 g/mol. The van der Waals surface area contributed by atoms with Crippen LogP contribution in [0.5, 0.6) is 0 Å². The molecule has 0 heterocycles. The number of rotatable bonds is 2. The first-order valence-corrected chi connectivity index (χ1v) is 8.31. The molecule has 0 spiro atoms. The molecule has 0 aliphatic heterocycles. The molecule has 12 heteroatoms. The van der Waals surface area contributed by atoms with Gasteiger partial charge in [-0.05, 0) is 36.4 Å². The van der Waals surface area contributed by atoms with E-state index in [1.165, 1.54) is 18.2 Å².